The van der Waals surface area contributed by atoms with Gasteiger partial charge in [-0.25, -0.2) is 0 Å². The van der Waals surface area contributed by atoms with Crippen LogP contribution in [0.4, 0.5) is 0 Å². The van der Waals surface area contributed by atoms with E-state index in [0.717, 1.165) is 6.42 Å². The van der Waals surface area contributed by atoms with E-state index in [-0.39, 0.29) is 11.9 Å². The summed E-state index contributed by atoms with van der Waals surface area (Å²) < 4.78 is 10.8. The van der Waals surface area contributed by atoms with Crippen molar-refractivity contribution in [3.05, 3.63) is 0 Å². The van der Waals surface area contributed by atoms with Crippen molar-refractivity contribution in [2.24, 2.45) is 5.92 Å². The minimum absolute atomic E-state index is 0.0867. The summed E-state index contributed by atoms with van der Waals surface area (Å²) in [5.74, 6) is 0.0820. The summed E-state index contributed by atoms with van der Waals surface area (Å²) in [5, 5.41) is 3.65. The monoisotopic (exact) mass is 269 g/mol. The molecule has 1 heterocycles. The van der Waals surface area contributed by atoms with Gasteiger partial charge < -0.3 is 9.47 Å². The van der Waals surface area contributed by atoms with Crippen molar-refractivity contribution in [2.75, 3.05) is 19.8 Å². The van der Waals surface area contributed by atoms with E-state index in [0.29, 0.717) is 25.9 Å². The van der Waals surface area contributed by atoms with Gasteiger partial charge in [0.1, 0.15) is 5.54 Å². The Bertz CT molecular complexity index is 302. The second-order valence-corrected chi connectivity index (χ2v) is 5.90. The van der Waals surface area contributed by atoms with Crippen molar-refractivity contribution in [3.63, 3.8) is 0 Å². The van der Waals surface area contributed by atoms with E-state index in [9.17, 15) is 4.79 Å². The third kappa shape index (κ3) is 3.29. The Hall–Kier alpha value is -0.610. The number of ether oxygens (including phenoxy) is 2. The lowest BCUT2D eigenvalue weighted by Crippen LogP contribution is -2.63. The van der Waals surface area contributed by atoms with Crippen LogP contribution in [0.2, 0.25) is 0 Å². The first-order chi connectivity index (χ1) is 9.19. The molecule has 1 saturated heterocycles. The van der Waals surface area contributed by atoms with Gasteiger partial charge in [0.15, 0.2) is 0 Å². The molecule has 0 aromatic rings. The Morgan fingerprint density at radius 1 is 1.37 bits per heavy atom. The molecule has 19 heavy (non-hydrogen) atoms. The number of rotatable bonds is 4. The van der Waals surface area contributed by atoms with Crippen LogP contribution in [0.5, 0.6) is 0 Å². The Kier molecular flexibility index (Phi) is 5.22. The van der Waals surface area contributed by atoms with Crippen molar-refractivity contribution < 1.29 is 14.3 Å². The summed E-state index contributed by atoms with van der Waals surface area (Å²) in [5.41, 5.74) is -0.531. The van der Waals surface area contributed by atoms with E-state index < -0.39 is 5.54 Å². The summed E-state index contributed by atoms with van der Waals surface area (Å²) in [6, 6.07) is 0.457. The molecule has 0 radical (unpaired) electrons. The Balaban J connectivity index is 2.10. The van der Waals surface area contributed by atoms with E-state index in [1.54, 1.807) is 0 Å². The first-order valence-electron chi connectivity index (χ1n) is 7.71. The van der Waals surface area contributed by atoms with Gasteiger partial charge in [-0.15, -0.1) is 0 Å². The third-order valence-corrected chi connectivity index (χ3v) is 4.56. The van der Waals surface area contributed by atoms with Gasteiger partial charge >= 0.3 is 5.97 Å². The van der Waals surface area contributed by atoms with Crippen molar-refractivity contribution in [1.29, 1.82) is 0 Å². The number of nitrogens with one attached hydrogen (secondary N) is 1. The summed E-state index contributed by atoms with van der Waals surface area (Å²) in [6.07, 6.45) is 6.93. The molecule has 0 bridgehead atoms. The molecule has 2 unspecified atom stereocenters. The van der Waals surface area contributed by atoms with Gasteiger partial charge in [-0.3, -0.25) is 10.1 Å². The largest absolute Gasteiger partial charge is 0.465 e. The number of hydrogen-bond acceptors (Lipinski definition) is 4. The second-order valence-electron chi connectivity index (χ2n) is 5.90. The maximum atomic E-state index is 12.5. The lowest BCUT2D eigenvalue weighted by Gasteiger charge is -2.43. The molecule has 0 spiro atoms. The van der Waals surface area contributed by atoms with Crippen LogP contribution in [-0.2, 0) is 14.3 Å². The van der Waals surface area contributed by atoms with Crippen molar-refractivity contribution in [3.8, 4) is 0 Å². The average molecular weight is 269 g/mol. The van der Waals surface area contributed by atoms with Crippen molar-refractivity contribution in [2.45, 2.75) is 64.0 Å². The lowest BCUT2D eigenvalue weighted by molar-refractivity contribution is -0.160. The summed E-state index contributed by atoms with van der Waals surface area (Å²) in [7, 11) is 0. The number of esters is 1. The minimum Gasteiger partial charge on any atom is -0.465 e. The fourth-order valence-electron chi connectivity index (χ4n) is 3.33. The molecule has 2 fully saturated rings. The van der Waals surface area contributed by atoms with Crippen LogP contribution in [0.15, 0.2) is 0 Å². The first-order valence-corrected chi connectivity index (χ1v) is 7.71. The molecule has 1 aliphatic heterocycles. The molecule has 1 N–H and O–H groups in total. The van der Waals surface area contributed by atoms with Crippen molar-refractivity contribution in [1.82, 2.24) is 5.32 Å². The molecule has 2 rings (SSSR count). The van der Waals surface area contributed by atoms with Crippen LogP contribution in [0.3, 0.4) is 0 Å². The van der Waals surface area contributed by atoms with E-state index in [1.165, 1.54) is 32.1 Å². The van der Waals surface area contributed by atoms with E-state index in [2.05, 4.69) is 12.2 Å². The fourth-order valence-corrected chi connectivity index (χ4v) is 3.33. The van der Waals surface area contributed by atoms with Gasteiger partial charge in [-0.05, 0) is 26.2 Å². The van der Waals surface area contributed by atoms with E-state index in [1.807, 2.05) is 6.92 Å². The van der Waals surface area contributed by atoms with Crippen LogP contribution >= 0.6 is 0 Å². The quantitative estimate of drug-likeness (QED) is 0.795. The highest BCUT2D eigenvalue weighted by Gasteiger charge is 2.47. The molecule has 2 aliphatic rings. The molecule has 4 nitrogen and oxygen atoms in total. The lowest BCUT2D eigenvalue weighted by atomic mass is 9.79. The zero-order chi connectivity index (χ0) is 13.7. The van der Waals surface area contributed by atoms with Crippen LogP contribution in [0.25, 0.3) is 0 Å². The van der Waals surface area contributed by atoms with Gasteiger partial charge in [-0.2, -0.15) is 0 Å². The van der Waals surface area contributed by atoms with Gasteiger partial charge in [0.05, 0.1) is 13.2 Å². The fraction of sp³-hybridized carbons (Fsp3) is 0.933. The minimum atomic E-state index is -0.531. The normalized spacial score (nSPS) is 33.1. The van der Waals surface area contributed by atoms with Gasteiger partial charge in [0.2, 0.25) is 0 Å². The SMILES string of the molecule is CCOC(=O)C1(NC2CCCCC2)CCOCC1C. The molecule has 1 aliphatic carbocycles. The number of carbonyl (C=O) groups excluding carboxylic acids is 1. The highest BCUT2D eigenvalue weighted by Crippen LogP contribution is 2.31. The van der Waals surface area contributed by atoms with Crippen LogP contribution in [0, 0.1) is 5.92 Å². The highest BCUT2D eigenvalue weighted by molar-refractivity contribution is 5.81. The maximum absolute atomic E-state index is 12.5. The Labute approximate surface area is 116 Å². The van der Waals surface area contributed by atoms with Crippen LogP contribution in [-0.4, -0.2) is 37.4 Å². The predicted molar refractivity (Wildman–Crippen MR) is 74.0 cm³/mol. The molecule has 0 amide bonds. The molecule has 0 aromatic carbocycles. The van der Waals surface area contributed by atoms with E-state index >= 15 is 0 Å². The molecular weight excluding hydrogens is 242 g/mol. The van der Waals surface area contributed by atoms with Crippen LogP contribution in [0.1, 0.15) is 52.4 Å². The Morgan fingerprint density at radius 2 is 2.11 bits per heavy atom. The molecule has 2 atom stereocenters. The van der Waals surface area contributed by atoms with Gasteiger partial charge in [0.25, 0.3) is 0 Å². The standard InChI is InChI=1S/C15H27NO3/c1-3-19-14(17)15(9-10-18-11-12(15)2)16-13-7-5-4-6-8-13/h12-13,16H,3-11H2,1-2H3. The molecule has 4 heteroatoms. The van der Waals surface area contributed by atoms with Gasteiger partial charge in [-0.1, -0.05) is 26.2 Å². The maximum Gasteiger partial charge on any atom is 0.326 e. The Morgan fingerprint density at radius 3 is 2.74 bits per heavy atom. The molecule has 110 valence electrons. The molecule has 1 saturated carbocycles. The zero-order valence-corrected chi connectivity index (χ0v) is 12.2. The van der Waals surface area contributed by atoms with Crippen molar-refractivity contribution >= 4 is 5.97 Å². The van der Waals surface area contributed by atoms with Crippen LogP contribution < -0.4 is 5.32 Å². The molecular formula is C15H27NO3. The van der Waals surface area contributed by atoms with E-state index in [4.69, 9.17) is 9.47 Å². The summed E-state index contributed by atoms with van der Waals surface area (Å²) in [6.45, 7) is 5.68. The predicted octanol–water partition coefficient (Wildman–Crippen LogP) is 2.27. The average Bonchev–Trinajstić information content (AvgIpc) is 2.43. The highest BCUT2D eigenvalue weighted by atomic mass is 16.5. The third-order valence-electron chi connectivity index (χ3n) is 4.56. The smallest absolute Gasteiger partial charge is 0.326 e. The first kappa shape index (κ1) is 14.8. The number of carbonyl (C=O) groups is 1. The number of hydrogen-bond donors (Lipinski definition) is 1. The molecule has 0 aromatic heterocycles. The van der Waals surface area contributed by atoms with Gasteiger partial charge in [0, 0.05) is 18.6 Å². The topological polar surface area (TPSA) is 47.6 Å². The zero-order valence-electron chi connectivity index (χ0n) is 12.2. The summed E-state index contributed by atoms with van der Waals surface area (Å²) >= 11 is 0. The second kappa shape index (κ2) is 6.71. The summed E-state index contributed by atoms with van der Waals surface area (Å²) in [4.78, 5) is 12.5.